The van der Waals surface area contributed by atoms with E-state index in [1.807, 2.05) is 26.2 Å². The van der Waals surface area contributed by atoms with Crippen molar-refractivity contribution < 1.29 is 9.59 Å². The van der Waals surface area contributed by atoms with Gasteiger partial charge in [-0.2, -0.15) is 0 Å². The molecular formula is C21H32N4O2. The standard InChI is InChI=1S/C21H32N4O2/c1-23(2)12-6-11-22-21(27)17-15-20(26)25(16-17)19-9-7-18(8-10-19)24-13-4-3-5-14-24/h7-10,17H,3-6,11-16H2,1-2H3,(H,22,27). The van der Waals surface area contributed by atoms with E-state index < -0.39 is 0 Å². The molecule has 0 radical (unpaired) electrons. The van der Waals surface area contributed by atoms with E-state index in [9.17, 15) is 9.59 Å². The lowest BCUT2D eigenvalue weighted by Crippen LogP contribution is -2.34. The number of rotatable bonds is 7. The lowest BCUT2D eigenvalue weighted by atomic mass is 10.1. The van der Waals surface area contributed by atoms with Crippen LogP contribution in [-0.2, 0) is 9.59 Å². The van der Waals surface area contributed by atoms with E-state index in [1.165, 1.54) is 24.9 Å². The quantitative estimate of drug-likeness (QED) is 0.745. The maximum absolute atomic E-state index is 12.4. The van der Waals surface area contributed by atoms with Crippen LogP contribution in [-0.4, -0.2) is 63.5 Å². The third kappa shape index (κ3) is 5.22. The number of nitrogens with one attached hydrogen (secondary N) is 1. The predicted octanol–water partition coefficient (Wildman–Crippen LogP) is 2.10. The molecule has 27 heavy (non-hydrogen) atoms. The van der Waals surface area contributed by atoms with Crippen molar-refractivity contribution in [1.29, 1.82) is 0 Å². The SMILES string of the molecule is CN(C)CCCNC(=O)C1CC(=O)N(c2ccc(N3CCCCC3)cc2)C1. The summed E-state index contributed by atoms with van der Waals surface area (Å²) in [5.74, 6) is -0.220. The van der Waals surface area contributed by atoms with Crippen LogP contribution in [0.25, 0.3) is 0 Å². The van der Waals surface area contributed by atoms with E-state index >= 15 is 0 Å². The van der Waals surface area contributed by atoms with Gasteiger partial charge in [0.25, 0.3) is 0 Å². The van der Waals surface area contributed by atoms with Crippen LogP contribution >= 0.6 is 0 Å². The Hall–Kier alpha value is -2.08. The van der Waals surface area contributed by atoms with Crippen molar-refractivity contribution in [1.82, 2.24) is 10.2 Å². The van der Waals surface area contributed by atoms with Gasteiger partial charge >= 0.3 is 0 Å². The summed E-state index contributed by atoms with van der Waals surface area (Å²) < 4.78 is 0. The predicted molar refractivity (Wildman–Crippen MR) is 109 cm³/mol. The van der Waals surface area contributed by atoms with Crippen LogP contribution in [0.15, 0.2) is 24.3 Å². The van der Waals surface area contributed by atoms with E-state index in [4.69, 9.17) is 0 Å². The summed E-state index contributed by atoms with van der Waals surface area (Å²) >= 11 is 0. The first-order valence-corrected chi connectivity index (χ1v) is 10.1. The van der Waals surface area contributed by atoms with Crippen LogP contribution in [0.4, 0.5) is 11.4 Å². The van der Waals surface area contributed by atoms with Crippen molar-refractivity contribution >= 4 is 23.2 Å². The third-order valence-electron chi connectivity index (χ3n) is 5.46. The number of benzene rings is 1. The zero-order valence-corrected chi connectivity index (χ0v) is 16.6. The van der Waals surface area contributed by atoms with Crippen LogP contribution in [0.2, 0.25) is 0 Å². The Labute approximate surface area is 162 Å². The average molecular weight is 373 g/mol. The van der Waals surface area contributed by atoms with Gasteiger partial charge in [-0.05, 0) is 70.6 Å². The monoisotopic (exact) mass is 372 g/mol. The van der Waals surface area contributed by atoms with Crippen molar-refractivity contribution in [3.63, 3.8) is 0 Å². The summed E-state index contributed by atoms with van der Waals surface area (Å²) in [5.41, 5.74) is 2.11. The number of anilines is 2. The number of nitrogens with zero attached hydrogens (tertiary/aromatic N) is 3. The van der Waals surface area contributed by atoms with Gasteiger partial charge in [0.15, 0.2) is 0 Å². The summed E-state index contributed by atoms with van der Waals surface area (Å²) in [5, 5.41) is 2.97. The Bertz CT molecular complexity index is 638. The molecule has 1 N–H and O–H groups in total. The Morgan fingerprint density at radius 1 is 1.11 bits per heavy atom. The molecule has 1 atom stereocenters. The number of carbonyl (C=O) groups excluding carboxylic acids is 2. The fraction of sp³-hybridized carbons (Fsp3) is 0.619. The minimum absolute atomic E-state index is 0.00505. The lowest BCUT2D eigenvalue weighted by Gasteiger charge is -2.29. The highest BCUT2D eigenvalue weighted by molar-refractivity contribution is 6.00. The minimum atomic E-state index is -0.251. The second-order valence-corrected chi connectivity index (χ2v) is 7.92. The first-order chi connectivity index (χ1) is 13.0. The summed E-state index contributed by atoms with van der Waals surface area (Å²) in [4.78, 5) is 31.0. The molecule has 2 aliphatic heterocycles. The van der Waals surface area contributed by atoms with Crippen LogP contribution in [0, 0.1) is 5.92 Å². The van der Waals surface area contributed by atoms with E-state index in [0.717, 1.165) is 31.7 Å². The number of hydrogen-bond donors (Lipinski definition) is 1. The van der Waals surface area contributed by atoms with Gasteiger partial charge in [0.05, 0.1) is 5.92 Å². The Morgan fingerprint density at radius 2 is 1.78 bits per heavy atom. The largest absolute Gasteiger partial charge is 0.372 e. The van der Waals surface area contributed by atoms with Crippen molar-refractivity contribution in [2.75, 3.05) is 56.6 Å². The maximum Gasteiger partial charge on any atom is 0.227 e. The van der Waals surface area contributed by atoms with E-state index in [2.05, 4.69) is 27.2 Å². The molecule has 2 amide bonds. The zero-order valence-electron chi connectivity index (χ0n) is 16.6. The molecule has 1 unspecified atom stereocenters. The first kappa shape index (κ1) is 19.7. The number of carbonyl (C=O) groups is 2. The minimum Gasteiger partial charge on any atom is -0.372 e. The normalized spacial score (nSPS) is 20.4. The molecule has 2 aliphatic rings. The van der Waals surface area contributed by atoms with E-state index in [0.29, 0.717) is 19.5 Å². The molecule has 3 rings (SSSR count). The van der Waals surface area contributed by atoms with Gasteiger partial charge in [-0.3, -0.25) is 9.59 Å². The summed E-state index contributed by atoms with van der Waals surface area (Å²) in [7, 11) is 4.04. The Balaban J connectivity index is 1.53. The van der Waals surface area contributed by atoms with Crippen LogP contribution < -0.4 is 15.1 Å². The highest BCUT2D eigenvalue weighted by Crippen LogP contribution is 2.28. The molecule has 0 aromatic heterocycles. The topological polar surface area (TPSA) is 55.9 Å². The maximum atomic E-state index is 12.4. The molecule has 0 spiro atoms. The van der Waals surface area contributed by atoms with Crippen LogP contribution in [0.3, 0.4) is 0 Å². The molecule has 0 saturated carbocycles. The lowest BCUT2D eigenvalue weighted by molar-refractivity contribution is -0.126. The molecular weight excluding hydrogens is 340 g/mol. The third-order valence-corrected chi connectivity index (χ3v) is 5.46. The zero-order chi connectivity index (χ0) is 19.2. The van der Waals surface area contributed by atoms with Crippen molar-refractivity contribution in [2.45, 2.75) is 32.1 Å². The molecule has 6 heteroatoms. The van der Waals surface area contributed by atoms with Gasteiger partial charge in [-0.1, -0.05) is 0 Å². The molecule has 1 aromatic rings. The summed E-state index contributed by atoms with van der Waals surface area (Å²) in [6, 6.07) is 8.23. The van der Waals surface area contributed by atoms with Gasteiger partial charge < -0.3 is 20.0 Å². The molecule has 6 nitrogen and oxygen atoms in total. The Morgan fingerprint density at radius 3 is 2.44 bits per heavy atom. The van der Waals surface area contributed by atoms with Gasteiger partial charge in [-0.15, -0.1) is 0 Å². The molecule has 2 saturated heterocycles. The number of amides is 2. The van der Waals surface area contributed by atoms with Crippen molar-refractivity contribution in [3.8, 4) is 0 Å². The smallest absolute Gasteiger partial charge is 0.227 e. The van der Waals surface area contributed by atoms with E-state index in [1.54, 1.807) is 4.90 Å². The molecule has 0 bridgehead atoms. The number of hydrogen-bond acceptors (Lipinski definition) is 4. The molecule has 2 fully saturated rings. The summed E-state index contributed by atoms with van der Waals surface area (Å²) in [6.45, 7) is 4.29. The molecule has 2 heterocycles. The van der Waals surface area contributed by atoms with Gasteiger partial charge in [0.1, 0.15) is 0 Å². The fourth-order valence-electron chi connectivity index (χ4n) is 3.88. The summed E-state index contributed by atoms with van der Waals surface area (Å²) in [6.07, 6.45) is 5.03. The second kappa shape index (κ2) is 9.22. The number of piperidine rings is 1. The van der Waals surface area contributed by atoms with Gasteiger partial charge in [0, 0.05) is 44.0 Å². The van der Waals surface area contributed by atoms with Crippen LogP contribution in [0.5, 0.6) is 0 Å². The first-order valence-electron chi connectivity index (χ1n) is 10.1. The van der Waals surface area contributed by atoms with Crippen molar-refractivity contribution in [3.05, 3.63) is 24.3 Å². The average Bonchev–Trinajstić information content (AvgIpc) is 3.07. The molecule has 1 aromatic carbocycles. The Kier molecular flexibility index (Phi) is 6.72. The van der Waals surface area contributed by atoms with E-state index in [-0.39, 0.29) is 17.7 Å². The van der Waals surface area contributed by atoms with Crippen molar-refractivity contribution in [2.24, 2.45) is 5.92 Å². The molecule has 148 valence electrons. The van der Waals surface area contributed by atoms with Crippen LogP contribution in [0.1, 0.15) is 32.1 Å². The van der Waals surface area contributed by atoms with Gasteiger partial charge in [-0.25, -0.2) is 0 Å². The molecule has 0 aliphatic carbocycles. The fourth-order valence-corrected chi connectivity index (χ4v) is 3.88. The van der Waals surface area contributed by atoms with Gasteiger partial charge in [0.2, 0.25) is 11.8 Å². The highest BCUT2D eigenvalue weighted by Gasteiger charge is 2.35. The highest BCUT2D eigenvalue weighted by atomic mass is 16.2. The second-order valence-electron chi connectivity index (χ2n) is 7.92.